The van der Waals surface area contributed by atoms with Gasteiger partial charge in [0, 0.05) is 26.1 Å². The number of aldehydes is 1. The van der Waals surface area contributed by atoms with E-state index in [0.717, 1.165) is 39.1 Å². The van der Waals surface area contributed by atoms with Gasteiger partial charge in [0.15, 0.2) is 0 Å². The van der Waals surface area contributed by atoms with Crippen LogP contribution in [0.3, 0.4) is 0 Å². The third kappa shape index (κ3) is 9.46. The van der Waals surface area contributed by atoms with Crippen molar-refractivity contribution >= 4 is 6.29 Å². The first-order valence-electron chi connectivity index (χ1n) is 4.65. The fraction of sp³-hybridized carbons (Fsp3) is 0.889. The van der Waals surface area contributed by atoms with Crippen molar-refractivity contribution in [3.8, 4) is 0 Å². The Bertz CT molecular complexity index is 120. The van der Waals surface area contributed by atoms with Crippen LogP contribution >= 0.6 is 0 Å². The predicted octanol–water partition coefficient (Wildman–Crippen LogP) is -0.257. The fourth-order valence-electron chi connectivity index (χ4n) is 0.882. The van der Waals surface area contributed by atoms with Crippen LogP contribution < -0.4 is 5.32 Å². The molecule has 4 heteroatoms. The van der Waals surface area contributed by atoms with Crippen molar-refractivity contribution in [2.24, 2.45) is 0 Å². The summed E-state index contributed by atoms with van der Waals surface area (Å²) in [5.41, 5.74) is 0. The zero-order valence-corrected chi connectivity index (χ0v) is 8.58. The maximum absolute atomic E-state index is 10.1. The highest BCUT2D eigenvalue weighted by Crippen LogP contribution is 1.85. The molecule has 0 fully saturated rings. The second-order valence-electron chi connectivity index (χ2n) is 2.97. The van der Waals surface area contributed by atoms with E-state index in [0.29, 0.717) is 6.42 Å². The van der Waals surface area contributed by atoms with E-state index in [9.17, 15) is 4.79 Å². The number of nitrogens with one attached hydrogen (secondary N) is 1. The number of hydrogen-bond acceptors (Lipinski definition) is 4. The molecule has 0 aliphatic heterocycles. The van der Waals surface area contributed by atoms with Crippen molar-refractivity contribution in [1.82, 2.24) is 10.2 Å². The molecule has 0 unspecified atom stereocenters. The molecule has 0 aromatic heterocycles. The molecule has 78 valence electrons. The molecule has 0 saturated heterocycles. The average Bonchev–Trinajstić information content (AvgIpc) is 2.14. The Hall–Kier alpha value is -0.450. The molecule has 0 saturated carbocycles. The SMILES string of the molecule is CNCCOCCN(C)CCC=O. The molecular weight excluding hydrogens is 168 g/mol. The van der Waals surface area contributed by atoms with Gasteiger partial charge in [-0.05, 0) is 14.1 Å². The Labute approximate surface area is 80.2 Å². The molecule has 0 rings (SSSR count). The highest BCUT2D eigenvalue weighted by molar-refractivity contribution is 5.49. The van der Waals surface area contributed by atoms with Crippen molar-refractivity contribution in [2.75, 3.05) is 46.9 Å². The predicted molar refractivity (Wildman–Crippen MR) is 52.9 cm³/mol. The summed E-state index contributed by atoms with van der Waals surface area (Å²) in [7, 11) is 3.89. The molecule has 0 aliphatic carbocycles. The monoisotopic (exact) mass is 188 g/mol. The number of hydrogen-bond donors (Lipinski definition) is 1. The Balaban J connectivity index is 3.07. The first-order chi connectivity index (χ1) is 6.31. The first kappa shape index (κ1) is 12.6. The van der Waals surface area contributed by atoms with Crippen LogP contribution in [0.4, 0.5) is 0 Å². The van der Waals surface area contributed by atoms with E-state index in [-0.39, 0.29) is 0 Å². The van der Waals surface area contributed by atoms with Crippen LogP contribution in [0, 0.1) is 0 Å². The molecule has 0 heterocycles. The van der Waals surface area contributed by atoms with E-state index < -0.39 is 0 Å². The molecule has 0 amide bonds. The lowest BCUT2D eigenvalue weighted by Gasteiger charge is -2.14. The quantitative estimate of drug-likeness (QED) is 0.400. The summed E-state index contributed by atoms with van der Waals surface area (Å²) in [6, 6.07) is 0. The minimum Gasteiger partial charge on any atom is -0.379 e. The third-order valence-corrected chi connectivity index (χ3v) is 1.74. The van der Waals surface area contributed by atoms with Gasteiger partial charge in [-0.3, -0.25) is 0 Å². The Morgan fingerprint density at radius 1 is 1.38 bits per heavy atom. The lowest BCUT2D eigenvalue weighted by atomic mass is 10.4. The fourth-order valence-corrected chi connectivity index (χ4v) is 0.882. The summed E-state index contributed by atoms with van der Waals surface area (Å²) in [6.07, 6.45) is 1.55. The van der Waals surface area contributed by atoms with Crippen LogP contribution in [0.25, 0.3) is 0 Å². The normalized spacial score (nSPS) is 10.7. The number of carbonyl (C=O) groups excluding carboxylic acids is 1. The topological polar surface area (TPSA) is 41.6 Å². The molecule has 0 aromatic rings. The molecule has 0 spiro atoms. The van der Waals surface area contributed by atoms with Gasteiger partial charge in [-0.15, -0.1) is 0 Å². The molecule has 13 heavy (non-hydrogen) atoms. The van der Waals surface area contributed by atoms with Crippen molar-refractivity contribution in [1.29, 1.82) is 0 Å². The van der Waals surface area contributed by atoms with E-state index in [1.807, 2.05) is 14.1 Å². The standard InChI is InChI=1S/C9H20N2O2/c1-10-4-8-13-9-6-11(2)5-3-7-12/h7,10H,3-6,8-9H2,1-2H3. The van der Waals surface area contributed by atoms with Gasteiger partial charge in [0.05, 0.1) is 13.2 Å². The van der Waals surface area contributed by atoms with Crippen LogP contribution in [0.2, 0.25) is 0 Å². The van der Waals surface area contributed by atoms with E-state index >= 15 is 0 Å². The van der Waals surface area contributed by atoms with Crippen molar-refractivity contribution in [3.63, 3.8) is 0 Å². The molecule has 0 radical (unpaired) electrons. The summed E-state index contributed by atoms with van der Waals surface area (Å²) >= 11 is 0. The van der Waals surface area contributed by atoms with Gasteiger partial charge >= 0.3 is 0 Å². The van der Waals surface area contributed by atoms with E-state index in [1.54, 1.807) is 0 Å². The molecule has 4 nitrogen and oxygen atoms in total. The van der Waals surface area contributed by atoms with Crippen molar-refractivity contribution in [3.05, 3.63) is 0 Å². The van der Waals surface area contributed by atoms with Gasteiger partial charge in [-0.25, -0.2) is 0 Å². The molecule has 0 aliphatic rings. The smallest absolute Gasteiger partial charge is 0.121 e. The highest BCUT2D eigenvalue weighted by Gasteiger charge is 1.96. The zero-order valence-electron chi connectivity index (χ0n) is 8.58. The maximum Gasteiger partial charge on any atom is 0.121 e. The van der Waals surface area contributed by atoms with Gasteiger partial charge in [0.2, 0.25) is 0 Å². The molecule has 0 atom stereocenters. The van der Waals surface area contributed by atoms with Crippen LogP contribution in [0.15, 0.2) is 0 Å². The molecule has 0 bridgehead atoms. The van der Waals surface area contributed by atoms with Gasteiger partial charge in [-0.2, -0.15) is 0 Å². The van der Waals surface area contributed by atoms with E-state index in [4.69, 9.17) is 4.74 Å². The number of nitrogens with zero attached hydrogens (tertiary/aromatic N) is 1. The average molecular weight is 188 g/mol. The second-order valence-corrected chi connectivity index (χ2v) is 2.97. The highest BCUT2D eigenvalue weighted by atomic mass is 16.5. The number of rotatable bonds is 9. The Morgan fingerprint density at radius 2 is 2.15 bits per heavy atom. The Morgan fingerprint density at radius 3 is 2.77 bits per heavy atom. The summed E-state index contributed by atoms with van der Waals surface area (Å²) in [5.74, 6) is 0. The maximum atomic E-state index is 10.1. The third-order valence-electron chi connectivity index (χ3n) is 1.74. The van der Waals surface area contributed by atoms with E-state index in [2.05, 4.69) is 10.2 Å². The Kier molecular flexibility index (Phi) is 9.30. The summed E-state index contributed by atoms with van der Waals surface area (Å²) in [5, 5.41) is 3.01. The number of likely N-dealkylation sites (N-methyl/N-ethyl adjacent to an activating group) is 2. The van der Waals surface area contributed by atoms with Crippen molar-refractivity contribution < 1.29 is 9.53 Å². The van der Waals surface area contributed by atoms with Gasteiger partial charge < -0.3 is 19.7 Å². The van der Waals surface area contributed by atoms with E-state index in [1.165, 1.54) is 0 Å². The van der Waals surface area contributed by atoms with Crippen LogP contribution in [-0.4, -0.2) is 58.1 Å². The van der Waals surface area contributed by atoms with Gasteiger partial charge in [-0.1, -0.05) is 0 Å². The second kappa shape index (κ2) is 9.64. The molecule has 0 aromatic carbocycles. The van der Waals surface area contributed by atoms with Gasteiger partial charge in [0.1, 0.15) is 6.29 Å². The van der Waals surface area contributed by atoms with Crippen LogP contribution in [0.1, 0.15) is 6.42 Å². The van der Waals surface area contributed by atoms with Gasteiger partial charge in [0.25, 0.3) is 0 Å². The minimum absolute atomic E-state index is 0.604. The zero-order chi connectivity index (χ0) is 9.94. The lowest BCUT2D eigenvalue weighted by Crippen LogP contribution is -2.25. The van der Waals surface area contributed by atoms with Crippen LogP contribution in [0.5, 0.6) is 0 Å². The largest absolute Gasteiger partial charge is 0.379 e. The number of ether oxygens (including phenoxy) is 1. The van der Waals surface area contributed by atoms with Crippen LogP contribution in [-0.2, 0) is 9.53 Å². The summed E-state index contributed by atoms with van der Waals surface area (Å²) in [4.78, 5) is 12.1. The first-order valence-corrected chi connectivity index (χ1v) is 4.65. The summed E-state index contributed by atoms with van der Waals surface area (Å²) in [6.45, 7) is 4.07. The summed E-state index contributed by atoms with van der Waals surface area (Å²) < 4.78 is 5.33. The molecular formula is C9H20N2O2. The van der Waals surface area contributed by atoms with Crippen molar-refractivity contribution in [2.45, 2.75) is 6.42 Å². The lowest BCUT2D eigenvalue weighted by molar-refractivity contribution is -0.108. The minimum atomic E-state index is 0.604. The molecule has 1 N–H and O–H groups in total. The number of carbonyl (C=O) groups is 1.